The molecule has 0 saturated heterocycles. The molecule has 0 bridgehead atoms. The summed E-state index contributed by atoms with van der Waals surface area (Å²) in [6.45, 7) is 2.88. The van der Waals surface area contributed by atoms with Crippen LogP contribution in [0.25, 0.3) is 11.6 Å². The smallest absolute Gasteiger partial charge is 0.343 e. The second-order valence-corrected chi connectivity index (χ2v) is 10.8. The molecule has 5 heterocycles. The van der Waals surface area contributed by atoms with Crippen molar-refractivity contribution >= 4 is 46.4 Å². The van der Waals surface area contributed by atoms with Crippen LogP contribution in [0.2, 0.25) is 0 Å². The molecule has 1 N–H and O–H groups in total. The fourth-order valence-electron chi connectivity index (χ4n) is 4.77. The van der Waals surface area contributed by atoms with E-state index in [9.17, 15) is 14.7 Å². The van der Waals surface area contributed by atoms with Crippen LogP contribution in [0.4, 0.5) is 34.6 Å². The van der Waals surface area contributed by atoms with E-state index in [4.69, 9.17) is 14.9 Å². The molecule has 0 aliphatic heterocycles. The summed E-state index contributed by atoms with van der Waals surface area (Å²) in [5.41, 5.74) is 2.27. The number of carbonyl (C=O) groups is 2. The molecule has 0 spiro atoms. The van der Waals surface area contributed by atoms with Crippen molar-refractivity contribution in [1.82, 2.24) is 49.1 Å². The second kappa shape index (κ2) is 13.3. The van der Waals surface area contributed by atoms with Crippen LogP contribution in [-0.2, 0) is 18.8 Å². The predicted octanol–water partition coefficient (Wildman–Crippen LogP) is 2.86. The third kappa shape index (κ3) is 6.02. The minimum absolute atomic E-state index is 0.148. The molecule has 5 aromatic rings. The van der Waals surface area contributed by atoms with Gasteiger partial charge in [-0.3, -0.25) is 4.79 Å². The van der Waals surface area contributed by atoms with Crippen LogP contribution < -0.4 is 9.80 Å². The highest BCUT2D eigenvalue weighted by Gasteiger charge is 2.24. The van der Waals surface area contributed by atoms with Crippen molar-refractivity contribution < 1.29 is 19.4 Å². The highest BCUT2D eigenvalue weighted by atomic mass is 16.5. The summed E-state index contributed by atoms with van der Waals surface area (Å²) < 4.78 is 10.9. The van der Waals surface area contributed by atoms with Gasteiger partial charge in [0.05, 0.1) is 36.5 Å². The SMILES string of the molecule is COC(=O)c1cnn(C)c1N=Nc1c(C)nn(-c2cc(-n3nc(C)c(N=Nc4c(C(=O)CO)cnn4C)c3N(C)C)ncn2)c1N(C)C. The molecule has 20 heteroatoms. The number of azo groups is 2. The Labute approximate surface area is 274 Å². The second-order valence-electron chi connectivity index (χ2n) is 10.8. The van der Waals surface area contributed by atoms with Crippen LogP contribution in [0.5, 0.6) is 0 Å². The Morgan fingerprint density at radius 3 is 1.69 bits per heavy atom. The van der Waals surface area contributed by atoms with Crippen LogP contribution in [0.3, 0.4) is 0 Å². The monoisotopic (exact) mass is 658 g/mol. The average molecular weight is 659 g/mol. The largest absolute Gasteiger partial charge is 0.465 e. The summed E-state index contributed by atoms with van der Waals surface area (Å²) in [7, 11) is 11.9. The number of aryl methyl sites for hydroxylation is 4. The maximum absolute atomic E-state index is 12.2. The zero-order chi connectivity index (χ0) is 34.9. The van der Waals surface area contributed by atoms with Gasteiger partial charge in [0.25, 0.3) is 0 Å². The molecule has 5 rings (SSSR count). The number of aliphatic hydroxyl groups excluding tert-OH is 1. The van der Waals surface area contributed by atoms with Crippen molar-refractivity contribution in [2.24, 2.45) is 34.6 Å². The molecule has 48 heavy (non-hydrogen) atoms. The van der Waals surface area contributed by atoms with Gasteiger partial charge in [-0.25, -0.2) is 24.1 Å². The third-order valence-electron chi connectivity index (χ3n) is 7.08. The number of nitrogens with zero attached hydrogens (tertiary/aromatic N) is 16. The van der Waals surface area contributed by atoms with E-state index in [0.717, 1.165) is 0 Å². The molecule has 0 radical (unpaired) electrons. The lowest BCUT2D eigenvalue weighted by atomic mass is 10.2. The number of Topliss-reactive ketones (excluding diaryl/α,β-unsaturated/α-hetero) is 1. The Morgan fingerprint density at radius 2 is 1.25 bits per heavy atom. The number of rotatable bonds is 11. The number of carbonyl (C=O) groups excluding carboxylic acids is 2. The fraction of sp³-hybridized carbons (Fsp3) is 0.357. The van der Waals surface area contributed by atoms with E-state index in [1.165, 1.54) is 35.2 Å². The summed E-state index contributed by atoms with van der Waals surface area (Å²) in [5.74, 6) is 1.24. The number of hydrogen-bond donors (Lipinski definition) is 1. The average Bonchev–Trinajstić information content (AvgIpc) is 3.81. The van der Waals surface area contributed by atoms with E-state index < -0.39 is 18.4 Å². The molecule has 5 aromatic heterocycles. The molecular formula is C28H34N16O4. The van der Waals surface area contributed by atoms with E-state index in [1.54, 1.807) is 43.4 Å². The number of anilines is 2. The van der Waals surface area contributed by atoms with Gasteiger partial charge in [0.15, 0.2) is 52.1 Å². The number of aromatic nitrogens is 10. The Morgan fingerprint density at radius 1 is 0.792 bits per heavy atom. The first-order chi connectivity index (χ1) is 22.9. The van der Waals surface area contributed by atoms with Crippen LogP contribution >= 0.6 is 0 Å². The molecule has 0 fully saturated rings. The summed E-state index contributed by atoms with van der Waals surface area (Å²) in [6.07, 6.45) is 4.09. The zero-order valence-corrected chi connectivity index (χ0v) is 27.8. The van der Waals surface area contributed by atoms with Gasteiger partial charge >= 0.3 is 5.97 Å². The highest BCUT2D eigenvalue weighted by molar-refractivity contribution is 6.00. The van der Waals surface area contributed by atoms with Crippen molar-refractivity contribution in [2.75, 3.05) is 51.7 Å². The molecule has 20 nitrogen and oxygen atoms in total. The fourth-order valence-corrected chi connectivity index (χ4v) is 4.77. The number of hydrogen-bond acceptors (Lipinski definition) is 16. The topological polar surface area (TPSA) is 217 Å². The first-order valence-electron chi connectivity index (χ1n) is 14.3. The van der Waals surface area contributed by atoms with Gasteiger partial charge in [0.1, 0.15) is 18.5 Å². The Kier molecular flexibility index (Phi) is 9.18. The third-order valence-corrected chi connectivity index (χ3v) is 7.08. The summed E-state index contributed by atoms with van der Waals surface area (Å²) in [4.78, 5) is 37.0. The molecule has 0 aliphatic rings. The molecule has 0 atom stereocenters. The van der Waals surface area contributed by atoms with Crippen molar-refractivity contribution in [3.05, 3.63) is 47.3 Å². The van der Waals surface area contributed by atoms with Gasteiger partial charge in [-0.05, 0) is 13.8 Å². The predicted molar refractivity (Wildman–Crippen MR) is 172 cm³/mol. The first-order valence-corrected chi connectivity index (χ1v) is 14.3. The van der Waals surface area contributed by atoms with Crippen LogP contribution in [0.15, 0.2) is 45.2 Å². The highest BCUT2D eigenvalue weighted by Crippen LogP contribution is 2.37. The minimum atomic E-state index is -0.680. The Bertz CT molecular complexity index is 1920. The lowest BCUT2D eigenvalue weighted by molar-refractivity contribution is 0.0601. The van der Waals surface area contributed by atoms with Crippen LogP contribution in [0.1, 0.15) is 32.1 Å². The Balaban J connectivity index is 1.57. The summed E-state index contributed by atoms with van der Waals surface area (Å²) in [5, 5.41) is 44.4. The van der Waals surface area contributed by atoms with Gasteiger partial charge in [0.2, 0.25) is 0 Å². The molecule has 0 saturated carbocycles. The van der Waals surface area contributed by atoms with Crippen molar-refractivity contribution in [3.8, 4) is 11.6 Å². The standard InChI is InChI=1S/C28H34N16O4/c1-15-22(33-35-24-17(19(46)13-45)11-31-41(24)7)26(39(3)4)43(37-15)20-10-21(30-14-29-20)44-27(40(5)6)23(16(2)38-44)34-36-25-18(28(47)48-9)12-32-42(25)8/h10-12,14,45H,13H2,1-9H3. The van der Waals surface area contributed by atoms with Crippen molar-refractivity contribution in [1.29, 1.82) is 0 Å². The van der Waals surface area contributed by atoms with Crippen molar-refractivity contribution in [3.63, 3.8) is 0 Å². The molecule has 0 unspecified atom stereocenters. The Hall–Kier alpha value is -6.18. The lowest BCUT2D eigenvalue weighted by Crippen LogP contribution is -2.17. The van der Waals surface area contributed by atoms with E-state index in [-0.39, 0.29) is 22.8 Å². The van der Waals surface area contributed by atoms with E-state index in [1.807, 2.05) is 38.0 Å². The lowest BCUT2D eigenvalue weighted by Gasteiger charge is -2.17. The molecular weight excluding hydrogens is 624 g/mol. The summed E-state index contributed by atoms with van der Waals surface area (Å²) in [6, 6.07) is 1.70. The quantitative estimate of drug-likeness (QED) is 0.123. The maximum atomic E-state index is 12.2. The number of aliphatic hydroxyl groups is 1. The number of ketones is 1. The van der Waals surface area contributed by atoms with E-state index >= 15 is 0 Å². The van der Waals surface area contributed by atoms with Crippen LogP contribution in [0, 0.1) is 13.8 Å². The number of esters is 1. The zero-order valence-electron chi connectivity index (χ0n) is 27.8. The van der Waals surface area contributed by atoms with Gasteiger partial charge < -0.3 is 19.6 Å². The van der Waals surface area contributed by atoms with Gasteiger partial charge in [0, 0.05) is 48.4 Å². The summed E-state index contributed by atoms with van der Waals surface area (Å²) >= 11 is 0. The number of methoxy groups -OCH3 is 1. The van der Waals surface area contributed by atoms with Crippen molar-refractivity contribution in [2.45, 2.75) is 13.8 Å². The van der Waals surface area contributed by atoms with Crippen LogP contribution in [-0.4, -0.2) is 108 Å². The molecule has 0 aromatic carbocycles. The van der Waals surface area contributed by atoms with E-state index in [0.29, 0.717) is 46.0 Å². The first kappa shape index (κ1) is 33.2. The normalized spacial score (nSPS) is 11.6. The molecule has 0 amide bonds. The molecule has 250 valence electrons. The minimum Gasteiger partial charge on any atom is -0.465 e. The van der Waals surface area contributed by atoms with Gasteiger partial charge in [-0.2, -0.15) is 29.8 Å². The number of ether oxygens (including phenoxy) is 1. The maximum Gasteiger partial charge on any atom is 0.343 e. The van der Waals surface area contributed by atoms with Gasteiger partial charge in [-0.1, -0.05) is 0 Å². The van der Waals surface area contributed by atoms with Gasteiger partial charge in [-0.15, -0.1) is 20.5 Å². The molecule has 0 aliphatic carbocycles. The van der Waals surface area contributed by atoms with E-state index in [2.05, 4.69) is 40.6 Å².